The van der Waals surface area contributed by atoms with Gasteiger partial charge in [-0.15, -0.1) is 0 Å². The van der Waals surface area contributed by atoms with E-state index in [-0.39, 0.29) is 0 Å². The molecule has 11 heavy (non-hydrogen) atoms. The average Bonchev–Trinajstić information content (AvgIpc) is 1.84. The van der Waals surface area contributed by atoms with Crippen LogP contribution in [0.4, 0.5) is 0 Å². The molecule has 64 valence electrons. The van der Waals surface area contributed by atoms with Crippen LogP contribution in [0.2, 0.25) is 0 Å². The summed E-state index contributed by atoms with van der Waals surface area (Å²) in [4.78, 5) is 0. The van der Waals surface area contributed by atoms with Crippen LogP contribution in [0.1, 0.15) is 46.0 Å². The molecule has 0 amide bonds. The lowest BCUT2D eigenvalue weighted by Crippen LogP contribution is -2.08. The van der Waals surface area contributed by atoms with E-state index in [1.807, 2.05) is 0 Å². The van der Waals surface area contributed by atoms with E-state index >= 15 is 0 Å². The van der Waals surface area contributed by atoms with Crippen molar-refractivity contribution in [2.24, 2.45) is 5.92 Å². The maximum absolute atomic E-state index is 9.65. The summed E-state index contributed by atoms with van der Waals surface area (Å²) in [6.45, 7) is 4.28. The van der Waals surface area contributed by atoms with Crippen molar-refractivity contribution in [2.45, 2.75) is 46.0 Å². The van der Waals surface area contributed by atoms with Crippen molar-refractivity contribution in [1.29, 1.82) is 0 Å². The Labute approximate surface area is 69.1 Å². The molecule has 0 aromatic carbocycles. The Morgan fingerprint density at radius 3 is 2.55 bits per heavy atom. The summed E-state index contributed by atoms with van der Waals surface area (Å²) >= 11 is 0. The topological polar surface area (TPSA) is 20.2 Å². The Kier molecular flexibility index (Phi) is 2.98. The highest BCUT2D eigenvalue weighted by Gasteiger charge is 2.17. The summed E-state index contributed by atoms with van der Waals surface area (Å²) in [5.74, 6) is 1.09. The molecule has 0 aromatic rings. The quantitative estimate of drug-likeness (QED) is 0.617. The Hall–Kier alpha value is -0.460. The van der Waals surface area contributed by atoms with Crippen molar-refractivity contribution in [2.75, 3.05) is 0 Å². The van der Waals surface area contributed by atoms with Gasteiger partial charge in [0, 0.05) is 5.92 Å². The number of hydrogen-bond donors (Lipinski definition) is 1. The summed E-state index contributed by atoms with van der Waals surface area (Å²) in [6, 6.07) is 0. The van der Waals surface area contributed by atoms with Gasteiger partial charge in [0.25, 0.3) is 0 Å². The molecule has 0 aliphatic heterocycles. The molecule has 0 aromatic heterocycles. The smallest absolute Gasteiger partial charge is 0.0942 e. The van der Waals surface area contributed by atoms with E-state index in [9.17, 15) is 5.11 Å². The Morgan fingerprint density at radius 1 is 1.55 bits per heavy atom. The zero-order valence-corrected chi connectivity index (χ0v) is 7.56. The molecule has 0 bridgehead atoms. The van der Waals surface area contributed by atoms with Gasteiger partial charge in [0.2, 0.25) is 0 Å². The lowest BCUT2D eigenvalue weighted by Gasteiger charge is -2.21. The maximum Gasteiger partial charge on any atom is 0.0942 e. The summed E-state index contributed by atoms with van der Waals surface area (Å²) in [7, 11) is 0. The first-order valence-corrected chi connectivity index (χ1v) is 4.66. The zero-order valence-electron chi connectivity index (χ0n) is 7.56. The first kappa shape index (κ1) is 8.63. The molecule has 0 heterocycles. The highest BCUT2D eigenvalue weighted by atomic mass is 16.3. The molecule has 1 N–H and O–H groups in total. The summed E-state index contributed by atoms with van der Waals surface area (Å²) < 4.78 is 0. The van der Waals surface area contributed by atoms with E-state index in [1.165, 1.54) is 18.4 Å². The molecular formula is C10H18O. The minimum absolute atomic E-state index is 0.398. The molecule has 1 unspecified atom stereocenters. The van der Waals surface area contributed by atoms with Gasteiger partial charge in [0.05, 0.1) is 5.76 Å². The second kappa shape index (κ2) is 3.80. The third-order valence-corrected chi connectivity index (χ3v) is 2.51. The van der Waals surface area contributed by atoms with Gasteiger partial charge < -0.3 is 5.11 Å². The summed E-state index contributed by atoms with van der Waals surface area (Å²) in [5.41, 5.74) is 1.31. The third-order valence-electron chi connectivity index (χ3n) is 2.51. The van der Waals surface area contributed by atoms with E-state index < -0.39 is 0 Å². The van der Waals surface area contributed by atoms with Gasteiger partial charge in [0.15, 0.2) is 0 Å². The SMILES string of the molecule is CCCC(C)C(O)=C1CCC1. The first-order valence-electron chi connectivity index (χ1n) is 4.66. The van der Waals surface area contributed by atoms with Gasteiger partial charge in [-0.1, -0.05) is 20.3 Å². The van der Waals surface area contributed by atoms with Crippen molar-refractivity contribution in [1.82, 2.24) is 0 Å². The van der Waals surface area contributed by atoms with Gasteiger partial charge in [-0.2, -0.15) is 0 Å². The second-order valence-electron chi connectivity index (χ2n) is 3.53. The van der Waals surface area contributed by atoms with Crippen molar-refractivity contribution in [3.8, 4) is 0 Å². The minimum atomic E-state index is 0.398. The molecule has 1 atom stereocenters. The standard InChI is InChI=1S/C10H18O/c1-3-5-8(2)10(11)9-6-4-7-9/h8,11H,3-7H2,1-2H3. The molecule has 1 saturated carbocycles. The first-order chi connectivity index (χ1) is 5.25. The molecule has 0 saturated heterocycles. The zero-order chi connectivity index (χ0) is 8.27. The molecule has 1 aliphatic rings. The van der Waals surface area contributed by atoms with E-state index in [0.717, 1.165) is 19.3 Å². The van der Waals surface area contributed by atoms with Gasteiger partial charge in [-0.3, -0.25) is 0 Å². The Balaban J connectivity index is 2.44. The number of allylic oxidation sites excluding steroid dienone is 2. The minimum Gasteiger partial charge on any atom is -0.512 e. The number of rotatable bonds is 3. The van der Waals surface area contributed by atoms with Crippen LogP contribution in [0.3, 0.4) is 0 Å². The van der Waals surface area contributed by atoms with Crippen LogP contribution in [0, 0.1) is 5.92 Å². The van der Waals surface area contributed by atoms with Crippen LogP contribution in [0.25, 0.3) is 0 Å². The lowest BCUT2D eigenvalue weighted by atomic mass is 9.87. The fourth-order valence-electron chi connectivity index (χ4n) is 1.53. The van der Waals surface area contributed by atoms with Crippen LogP contribution in [0.15, 0.2) is 11.3 Å². The summed E-state index contributed by atoms with van der Waals surface area (Å²) in [6.07, 6.45) is 5.84. The predicted molar refractivity (Wildman–Crippen MR) is 47.6 cm³/mol. The van der Waals surface area contributed by atoms with Crippen LogP contribution < -0.4 is 0 Å². The molecule has 1 rings (SSSR count). The molecule has 1 nitrogen and oxygen atoms in total. The largest absolute Gasteiger partial charge is 0.512 e. The molecule has 0 spiro atoms. The van der Waals surface area contributed by atoms with Crippen molar-refractivity contribution < 1.29 is 5.11 Å². The lowest BCUT2D eigenvalue weighted by molar-refractivity contribution is 0.310. The molecule has 1 fully saturated rings. The Morgan fingerprint density at radius 2 is 2.18 bits per heavy atom. The summed E-state index contributed by atoms with van der Waals surface area (Å²) in [5, 5.41) is 9.65. The van der Waals surface area contributed by atoms with Crippen molar-refractivity contribution >= 4 is 0 Å². The average molecular weight is 154 g/mol. The predicted octanol–water partition coefficient (Wildman–Crippen LogP) is 3.42. The monoisotopic (exact) mass is 154 g/mol. The van der Waals surface area contributed by atoms with E-state index in [2.05, 4.69) is 13.8 Å². The number of aliphatic hydroxyl groups excluding tert-OH is 1. The molecular weight excluding hydrogens is 136 g/mol. The van der Waals surface area contributed by atoms with Crippen LogP contribution in [0.5, 0.6) is 0 Å². The second-order valence-corrected chi connectivity index (χ2v) is 3.53. The highest BCUT2D eigenvalue weighted by Crippen LogP contribution is 2.31. The van der Waals surface area contributed by atoms with E-state index in [4.69, 9.17) is 0 Å². The van der Waals surface area contributed by atoms with Gasteiger partial charge in [-0.25, -0.2) is 0 Å². The fourth-order valence-corrected chi connectivity index (χ4v) is 1.53. The fraction of sp³-hybridized carbons (Fsp3) is 0.800. The highest BCUT2D eigenvalue weighted by molar-refractivity contribution is 5.15. The van der Waals surface area contributed by atoms with Crippen molar-refractivity contribution in [3.05, 3.63) is 11.3 Å². The third kappa shape index (κ3) is 1.98. The van der Waals surface area contributed by atoms with Crippen LogP contribution in [-0.2, 0) is 0 Å². The van der Waals surface area contributed by atoms with Gasteiger partial charge >= 0.3 is 0 Å². The number of hydrogen-bond acceptors (Lipinski definition) is 1. The van der Waals surface area contributed by atoms with Crippen LogP contribution >= 0.6 is 0 Å². The molecule has 1 heteroatoms. The maximum atomic E-state index is 9.65. The number of aliphatic hydroxyl groups is 1. The van der Waals surface area contributed by atoms with E-state index in [0.29, 0.717) is 11.7 Å². The molecule has 1 aliphatic carbocycles. The van der Waals surface area contributed by atoms with Crippen molar-refractivity contribution in [3.63, 3.8) is 0 Å². The normalized spacial score (nSPS) is 19.3. The van der Waals surface area contributed by atoms with E-state index in [1.54, 1.807) is 0 Å². The van der Waals surface area contributed by atoms with Gasteiger partial charge in [-0.05, 0) is 31.3 Å². The molecule has 0 radical (unpaired) electrons. The Bertz CT molecular complexity index is 152. The van der Waals surface area contributed by atoms with Gasteiger partial charge in [0.1, 0.15) is 0 Å². The van der Waals surface area contributed by atoms with Crippen LogP contribution in [-0.4, -0.2) is 5.11 Å².